The van der Waals surface area contributed by atoms with E-state index in [9.17, 15) is 9.90 Å². The highest BCUT2D eigenvalue weighted by atomic mass is 35.5. The van der Waals surface area contributed by atoms with Gasteiger partial charge >= 0.3 is 0 Å². The summed E-state index contributed by atoms with van der Waals surface area (Å²) in [5.74, 6) is 0.0522. The molecule has 0 aliphatic heterocycles. The molecule has 5 nitrogen and oxygen atoms in total. The van der Waals surface area contributed by atoms with Crippen molar-refractivity contribution >= 4 is 17.5 Å². The van der Waals surface area contributed by atoms with E-state index in [1.54, 1.807) is 16.8 Å². The van der Waals surface area contributed by atoms with Gasteiger partial charge in [-0.05, 0) is 43.9 Å². The number of nitrogens with zero attached hydrogens (tertiary/aromatic N) is 2. The number of rotatable bonds is 5. The normalized spacial score (nSPS) is 15.6. The maximum Gasteiger partial charge on any atom is 0.271 e. The molecule has 6 heteroatoms. The number of aliphatic hydroxyl groups is 1. The minimum atomic E-state index is -0.462. The molecule has 1 aromatic carbocycles. The fraction of sp³-hybridized carbons (Fsp3) is 0.375. The van der Waals surface area contributed by atoms with Gasteiger partial charge < -0.3 is 10.4 Å². The number of hydrogen-bond donors (Lipinski definition) is 2. The van der Waals surface area contributed by atoms with Crippen LogP contribution in [-0.4, -0.2) is 33.4 Å². The van der Waals surface area contributed by atoms with Gasteiger partial charge in [0, 0.05) is 12.2 Å². The SMILES string of the molecule is Cc1cc(C(=O)NCC(O)C2CC2)nn1-c1ccccc1Cl. The van der Waals surface area contributed by atoms with E-state index in [2.05, 4.69) is 10.4 Å². The van der Waals surface area contributed by atoms with Crippen LogP contribution in [0, 0.1) is 12.8 Å². The van der Waals surface area contributed by atoms with Crippen molar-refractivity contribution in [3.05, 3.63) is 46.7 Å². The zero-order chi connectivity index (χ0) is 15.7. The first-order valence-corrected chi connectivity index (χ1v) is 7.72. The van der Waals surface area contributed by atoms with E-state index >= 15 is 0 Å². The highest BCUT2D eigenvalue weighted by Crippen LogP contribution is 2.32. The van der Waals surface area contributed by atoms with Crippen LogP contribution in [0.5, 0.6) is 0 Å². The molecule has 1 heterocycles. The van der Waals surface area contributed by atoms with Gasteiger partial charge in [-0.25, -0.2) is 4.68 Å². The number of aryl methyl sites for hydroxylation is 1. The molecule has 1 atom stereocenters. The van der Waals surface area contributed by atoms with Crippen molar-refractivity contribution in [1.29, 1.82) is 0 Å². The van der Waals surface area contributed by atoms with Gasteiger partial charge in [0.1, 0.15) is 0 Å². The molecule has 0 saturated heterocycles. The first-order valence-electron chi connectivity index (χ1n) is 7.34. The average Bonchev–Trinajstić information content (AvgIpc) is 3.28. The summed E-state index contributed by atoms with van der Waals surface area (Å²) < 4.78 is 1.65. The lowest BCUT2D eigenvalue weighted by atomic mass is 10.2. The molecular formula is C16H18ClN3O2. The van der Waals surface area contributed by atoms with E-state index < -0.39 is 6.10 Å². The van der Waals surface area contributed by atoms with Gasteiger partial charge in [0.05, 0.1) is 16.8 Å². The fourth-order valence-corrected chi connectivity index (χ4v) is 2.60. The predicted molar refractivity (Wildman–Crippen MR) is 84.4 cm³/mol. The number of benzene rings is 1. The lowest BCUT2D eigenvalue weighted by molar-refractivity contribution is 0.0896. The number of carbonyl (C=O) groups excluding carboxylic acids is 1. The van der Waals surface area contributed by atoms with Crippen molar-refractivity contribution in [3.8, 4) is 5.69 Å². The molecular weight excluding hydrogens is 302 g/mol. The van der Waals surface area contributed by atoms with E-state index in [4.69, 9.17) is 11.6 Å². The number of carbonyl (C=O) groups is 1. The Kier molecular flexibility index (Phi) is 4.18. The van der Waals surface area contributed by atoms with E-state index in [-0.39, 0.29) is 12.5 Å². The van der Waals surface area contributed by atoms with Gasteiger partial charge in [0.25, 0.3) is 5.91 Å². The quantitative estimate of drug-likeness (QED) is 0.889. The second-order valence-electron chi connectivity index (χ2n) is 5.65. The predicted octanol–water partition coefficient (Wildman–Crippen LogP) is 2.33. The Morgan fingerprint density at radius 1 is 1.50 bits per heavy atom. The molecule has 0 spiro atoms. The third-order valence-corrected chi connectivity index (χ3v) is 4.16. The largest absolute Gasteiger partial charge is 0.391 e. The first kappa shape index (κ1) is 15.1. The van der Waals surface area contributed by atoms with Crippen molar-refractivity contribution < 1.29 is 9.90 Å². The zero-order valence-corrected chi connectivity index (χ0v) is 13.0. The molecule has 0 radical (unpaired) electrons. The summed E-state index contributed by atoms with van der Waals surface area (Å²) in [6, 6.07) is 9.05. The highest BCUT2D eigenvalue weighted by molar-refractivity contribution is 6.32. The Morgan fingerprint density at radius 2 is 2.23 bits per heavy atom. The second kappa shape index (κ2) is 6.10. The minimum Gasteiger partial charge on any atom is -0.391 e. The number of nitrogens with one attached hydrogen (secondary N) is 1. The van der Waals surface area contributed by atoms with Crippen LogP contribution >= 0.6 is 11.6 Å². The van der Waals surface area contributed by atoms with Gasteiger partial charge in [0.2, 0.25) is 0 Å². The van der Waals surface area contributed by atoms with Crippen LogP contribution in [-0.2, 0) is 0 Å². The molecule has 1 aliphatic rings. The van der Waals surface area contributed by atoms with Gasteiger partial charge in [0.15, 0.2) is 5.69 Å². The number of aromatic nitrogens is 2. The van der Waals surface area contributed by atoms with Crippen molar-refractivity contribution in [2.24, 2.45) is 5.92 Å². The molecule has 1 unspecified atom stereocenters. The highest BCUT2D eigenvalue weighted by Gasteiger charge is 2.30. The summed E-state index contributed by atoms with van der Waals surface area (Å²) >= 11 is 6.17. The summed E-state index contributed by atoms with van der Waals surface area (Å²) in [6.45, 7) is 2.13. The van der Waals surface area contributed by atoms with E-state index in [1.807, 2.05) is 25.1 Å². The van der Waals surface area contributed by atoms with Crippen molar-refractivity contribution in [1.82, 2.24) is 15.1 Å². The molecule has 22 heavy (non-hydrogen) atoms. The molecule has 2 aromatic rings. The molecule has 1 aromatic heterocycles. The van der Waals surface area contributed by atoms with E-state index in [1.165, 1.54) is 0 Å². The monoisotopic (exact) mass is 319 g/mol. The molecule has 1 amide bonds. The minimum absolute atomic E-state index is 0.265. The third kappa shape index (κ3) is 3.15. The zero-order valence-electron chi connectivity index (χ0n) is 12.3. The molecule has 1 saturated carbocycles. The van der Waals surface area contributed by atoms with Crippen LogP contribution in [0.15, 0.2) is 30.3 Å². The third-order valence-electron chi connectivity index (χ3n) is 3.84. The Balaban J connectivity index is 1.74. The maximum absolute atomic E-state index is 12.1. The summed E-state index contributed by atoms with van der Waals surface area (Å²) in [4.78, 5) is 12.1. The summed E-state index contributed by atoms with van der Waals surface area (Å²) in [6.07, 6.45) is 1.62. The van der Waals surface area contributed by atoms with Crippen molar-refractivity contribution in [2.75, 3.05) is 6.54 Å². The summed E-state index contributed by atoms with van der Waals surface area (Å²) in [5.41, 5.74) is 1.88. The molecule has 2 N–H and O–H groups in total. The van der Waals surface area contributed by atoms with Crippen LogP contribution in [0.25, 0.3) is 5.69 Å². The van der Waals surface area contributed by atoms with Crippen LogP contribution in [0.2, 0.25) is 5.02 Å². The van der Waals surface area contributed by atoms with Crippen molar-refractivity contribution in [2.45, 2.75) is 25.9 Å². The number of hydrogen-bond acceptors (Lipinski definition) is 3. The molecule has 3 rings (SSSR count). The number of para-hydroxylation sites is 1. The van der Waals surface area contributed by atoms with Crippen molar-refractivity contribution in [3.63, 3.8) is 0 Å². The van der Waals surface area contributed by atoms with E-state index in [0.717, 1.165) is 24.2 Å². The molecule has 116 valence electrons. The first-order chi connectivity index (χ1) is 10.6. The van der Waals surface area contributed by atoms with Crippen LogP contribution in [0.4, 0.5) is 0 Å². The van der Waals surface area contributed by atoms with Gasteiger partial charge in [-0.2, -0.15) is 5.10 Å². The Bertz CT molecular complexity index is 694. The van der Waals surface area contributed by atoms with Gasteiger partial charge in [-0.3, -0.25) is 4.79 Å². The maximum atomic E-state index is 12.1. The Hall–Kier alpha value is -1.85. The molecule has 1 aliphatic carbocycles. The second-order valence-corrected chi connectivity index (χ2v) is 6.06. The standard InChI is InChI=1S/C16H18ClN3O2/c1-10-8-13(16(22)18-9-15(21)11-6-7-11)19-20(10)14-5-3-2-4-12(14)17/h2-5,8,11,15,21H,6-7,9H2,1H3,(H,18,22). The Labute approximate surface area is 133 Å². The van der Waals surface area contributed by atoms with Crippen LogP contribution in [0.3, 0.4) is 0 Å². The fourth-order valence-electron chi connectivity index (χ4n) is 2.39. The molecule has 1 fully saturated rings. The van der Waals surface area contributed by atoms with Gasteiger partial charge in [-0.1, -0.05) is 23.7 Å². The van der Waals surface area contributed by atoms with Crippen LogP contribution < -0.4 is 5.32 Å². The van der Waals surface area contributed by atoms with Gasteiger partial charge in [-0.15, -0.1) is 0 Å². The summed E-state index contributed by atoms with van der Waals surface area (Å²) in [7, 11) is 0. The number of halogens is 1. The lowest BCUT2D eigenvalue weighted by Crippen LogP contribution is -2.33. The number of amides is 1. The topological polar surface area (TPSA) is 67.2 Å². The number of aliphatic hydroxyl groups excluding tert-OH is 1. The summed E-state index contributed by atoms with van der Waals surface area (Å²) in [5, 5.41) is 17.4. The Morgan fingerprint density at radius 3 is 2.91 bits per heavy atom. The average molecular weight is 320 g/mol. The lowest BCUT2D eigenvalue weighted by Gasteiger charge is -2.09. The van der Waals surface area contributed by atoms with E-state index in [0.29, 0.717) is 16.6 Å². The molecule has 0 bridgehead atoms. The van der Waals surface area contributed by atoms with Crippen LogP contribution in [0.1, 0.15) is 29.0 Å². The smallest absolute Gasteiger partial charge is 0.271 e.